The van der Waals surface area contributed by atoms with Crippen LogP contribution in [-0.2, 0) is 13.1 Å². The van der Waals surface area contributed by atoms with Crippen molar-refractivity contribution in [1.82, 2.24) is 9.55 Å². The standard InChI is InChI=1S/C23H24N4O4S/c1-14-17(22(24)28)10-19(18-13-32-23(26-18)25-11-16-5-4-8-31-16)27(14)12-15-6-7-20(29-2)21(9-15)30-3/h4-10,13H,11-12H2,1-3H3,(H2,24,28)(H,25,26). The Labute approximate surface area is 189 Å². The van der Waals surface area contributed by atoms with Crippen LogP contribution in [-0.4, -0.2) is 29.7 Å². The van der Waals surface area contributed by atoms with Crippen LogP contribution >= 0.6 is 11.3 Å². The van der Waals surface area contributed by atoms with Crippen LogP contribution in [0.5, 0.6) is 11.5 Å². The Bertz CT molecular complexity index is 1230. The maximum atomic E-state index is 12.0. The minimum atomic E-state index is -0.471. The van der Waals surface area contributed by atoms with Gasteiger partial charge in [-0.25, -0.2) is 4.98 Å². The van der Waals surface area contributed by atoms with Crippen molar-refractivity contribution in [3.05, 3.63) is 70.6 Å². The van der Waals surface area contributed by atoms with Gasteiger partial charge in [-0.2, -0.15) is 0 Å². The number of aromatic nitrogens is 2. The number of nitrogens with two attached hydrogens (primary N) is 1. The summed E-state index contributed by atoms with van der Waals surface area (Å²) >= 11 is 1.49. The number of furan rings is 1. The molecule has 3 heterocycles. The molecule has 166 valence electrons. The third-order valence-electron chi connectivity index (χ3n) is 5.18. The molecule has 0 radical (unpaired) electrons. The van der Waals surface area contributed by atoms with Crippen LogP contribution < -0.4 is 20.5 Å². The lowest BCUT2D eigenvalue weighted by Gasteiger charge is -2.13. The SMILES string of the molecule is COc1ccc(Cn2c(-c3csc(NCc4ccco4)n3)cc(C(N)=O)c2C)cc1OC. The zero-order valence-electron chi connectivity index (χ0n) is 18.0. The highest BCUT2D eigenvalue weighted by atomic mass is 32.1. The molecular formula is C23H24N4O4S. The molecule has 0 saturated carbocycles. The van der Waals surface area contributed by atoms with E-state index in [1.54, 1.807) is 26.5 Å². The molecule has 3 N–H and O–H groups in total. The topological polar surface area (TPSA) is 105 Å². The van der Waals surface area contributed by atoms with E-state index in [0.29, 0.717) is 30.2 Å². The van der Waals surface area contributed by atoms with E-state index in [-0.39, 0.29) is 0 Å². The van der Waals surface area contributed by atoms with Crippen molar-refractivity contribution in [1.29, 1.82) is 0 Å². The van der Waals surface area contributed by atoms with Gasteiger partial charge in [0.15, 0.2) is 16.6 Å². The molecule has 0 aliphatic heterocycles. The fourth-order valence-corrected chi connectivity index (χ4v) is 4.22. The second kappa shape index (κ2) is 9.19. The quantitative estimate of drug-likeness (QED) is 0.393. The lowest BCUT2D eigenvalue weighted by molar-refractivity contribution is 0.0999. The van der Waals surface area contributed by atoms with Gasteiger partial charge in [0.05, 0.1) is 44.0 Å². The molecule has 0 saturated heterocycles. The number of carbonyl (C=O) groups is 1. The van der Waals surface area contributed by atoms with E-state index in [1.807, 2.05) is 47.2 Å². The van der Waals surface area contributed by atoms with Gasteiger partial charge in [0, 0.05) is 17.6 Å². The molecule has 9 heteroatoms. The van der Waals surface area contributed by atoms with Crippen molar-refractivity contribution in [2.24, 2.45) is 5.73 Å². The van der Waals surface area contributed by atoms with Gasteiger partial charge >= 0.3 is 0 Å². The number of thiazole rings is 1. The number of benzene rings is 1. The fraction of sp³-hybridized carbons (Fsp3) is 0.217. The molecule has 0 unspecified atom stereocenters. The third-order valence-corrected chi connectivity index (χ3v) is 5.98. The highest BCUT2D eigenvalue weighted by molar-refractivity contribution is 7.14. The Kier molecular flexibility index (Phi) is 6.18. The molecular weight excluding hydrogens is 428 g/mol. The van der Waals surface area contributed by atoms with Crippen molar-refractivity contribution < 1.29 is 18.7 Å². The Balaban J connectivity index is 1.66. The predicted octanol–water partition coefficient (Wildman–Crippen LogP) is 4.29. The number of hydrogen-bond donors (Lipinski definition) is 2. The molecule has 3 aromatic heterocycles. The van der Waals surface area contributed by atoms with Gasteiger partial charge in [-0.15, -0.1) is 11.3 Å². The van der Waals surface area contributed by atoms with Crippen LogP contribution in [0.2, 0.25) is 0 Å². The van der Waals surface area contributed by atoms with Crippen LogP contribution in [0.3, 0.4) is 0 Å². The molecule has 4 rings (SSSR count). The van der Waals surface area contributed by atoms with E-state index in [4.69, 9.17) is 24.6 Å². The van der Waals surface area contributed by atoms with Gasteiger partial charge in [0.1, 0.15) is 5.76 Å². The van der Waals surface area contributed by atoms with Gasteiger partial charge in [0.2, 0.25) is 0 Å². The zero-order valence-corrected chi connectivity index (χ0v) is 18.9. The second-order valence-corrected chi connectivity index (χ2v) is 8.00. The number of methoxy groups -OCH3 is 2. The molecule has 1 aromatic carbocycles. The van der Waals surface area contributed by atoms with E-state index < -0.39 is 5.91 Å². The minimum Gasteiger partial charge on any atom is -0.493 e. The monoisotopic (exact) mass is 452 g/mol. The summed E-state index contributed by atoms with van der Waals surface area (Å²) in [4.78, 5) is 16.7. The molecule has 8 nitrogen and oxygen atoms in total. The summed E-state index contributed by atoms with van der Waals surface area (Å²) in [6.07, 6.45) is 1.64. The smallest absolute Gasteiger partial charge is 0.250 e. The molecule has 4 aromatic rings. The third kappa shape index (κ3) is 4.33. The molecule has 0 aliphatic rings. The largest absolute Gasteiger partial charge is 0.493 e. The molecule has 0 bridgehead atoms. The first-order valence-corrected chi connectivity index (χ1v) is 10.8. The van der Waals surface area contributed by atoms with Crippen molar-refractivity contribution in [2.45, 2.75) is 20.0 Å². The summed E-state index contributed by atoms with van der Waals surface area (Å²) in [5.74, 6) is 1.65. The zero-order chi connectivity index (χ0) is 22.7. The number of anilines is 1. The number of ether oxygens (including phenoxy) is 2. The van der Waals surface area contributed by atoms with Gasteiger partial charge in [-0.3, -0.25) is 4.79 Å². The number of hydrogen-bond acceptors (Lipinski definition) is 7. The molecule has 0 fully saturated rings. The van der Waals surface area contributed by atoms with E-state index in [0.717, 1.165) is 33.5 Å². The molecule has 0 spiro atoms. The minimum absolute atomic E-state index is 0.471. The fourth-order valence-electron chi connectivity index (χ4n) is 3.52. The Morgan fingerprint density at radius 3 is 2.72 bits per heavy atom. The van der Waals surface area contributed by atoms with Crippen LogP contribution in [0, 0.1) is 6.92 Å². The molecule has 1 amide bonds. The first kappa shape index (κ1) is 21.5. The summed E-state index contributed by atoms with van der Waals surface area (Å²) in [5.41, 5.74) is 9.44. The van der Waals surface area contributed by atoms with E-state index in [9.17, 15) is 4.79 Å². The van der Waals surface area contributed by atoms with E-state index >= 15 is 0 Å². The van der Waals surface area contributed by atoms with E-state index in [1.165, 1.54) is 11.3 Å². The number of nitrogens with zero attached hydrogens (tertiary/aromatic N) is 2. The average Bonchev–Trinajstić information content (AvgIpc) is 3.53. The maximum Gasteiger partial charge on any atom is 0.250 e. The van der Waals surface area contributed by atoms with Crippen LogP contribution in [0.4, 0.5) is 5.13 Å². The molecule has 0 aliphatic carbocycles. The summed E-state index contributed by atoms with van der Waals surface area (Å²) in [6.45, 7) is 2.94. The highest BCUT2D eigenvalue weighted by Gasteiger charge is 2.19. The van der Waals surface area contributed by atoms with Crippen LogP contribution in [0.1, 0.15) is 27.4 Å². The number of nitrogens with one attached hydrogen (secondary N) is 1. The number of primary amides is 1. The van der Waals surface area contributed by atoms with Crippen molar-refractivity contribution in [3.63, 3.8) is 0 Å². The summed E-state index contributed by atoms with van der Waals surface area (Å²) in [7, 11) is 3.20. The normalized spacial score (nSPS) is 10.8. The van der Waals surface area contributed by atoms with Gasteiger partial charge in [-0.05, 0) is 42.8 Å². The first-order chi connectivity index (χ1) is 15.5. The van der Waals surface area contributed by atoms with Crippen molar-refractivity contribution in [3.8, 4) is 22.9 Å². The van der Waals surface area contributed by atoms with E-state index in [2.05, 4.69) is 5.32 Å². The lowest BCUT2D eigenvalue weighted by atomic mass is 10.2. The molecule has 0 atom stereocenters. The molecule has 32 heavy (non-hydrogen) atoms. The highest BCUT2D eigenvalue weighted by Crippen LogP contribution is 2.32. The van der Waals surface area contributed by atoms with Gasteiger partial charge in [-0.1, -0.05) is 6.07 Å². The van der Waals surface area contributed by atoms with Gasteiger partial charge < -0.3 is 29.5 Å². The van der Waals surface area contributed by atoms with Crippen LogP contribution in [0.15, 0.2) is 52.5 Å². The number of rotatable bonds is 9. The Morgan fingerprint density at radius 1 is 1.22 bits per heavy atom. The summed E-state index contributed by atoms with van der Waals surface area (Å²) in [6, 6.07) is 11.3. The maximum absolute atomic E-state index is 12.0. The Morgan fingerprint density at radius 2 is 2.03 bits per heavy atom. The lowest BCUT2D eigenvalue weighted by Crippen LogP contribution is -2.12. The van der Waals surface area contributed by atoms with Crippen LogP contribution in [0.25, 0.3) is 11.4 Å². The predicted molar refractivity (Wildman–Crippen MR) is 123 cm³/mol. The van der Waals surface area contributed by atoms with Crippen molar-refractivity contribution in [2.75, 3.05) is 19.5 Å². The summed E-state index contributed by atoms with van der Waals surface area (Å²) in [5, 5.41) is 5.97. The first-order valence-electron chi connectivity index (χ1n) is 9.93. The number of amides is 1. The Hall–Kier alpha value is -3.72. The van der Waals surface area contributed by atoms with Crippen molar-refractivity contribution >= 4 is 22.4 Å². The summed E-state index contributed by atoms with van der Waals surface area (Å²) < 4.78 is 18.1. The average molecular weight is 453 g/mol. The second-order valence-electron chi connectivity index (χ2n) is 7.14. The van der Waals surface area contributed by atoms with Gasteiger partial charge in [0.25, 0.3) is 5.91 Å². The number of carbonyl (C=O) groups excluding carboxylic acids is 1.